The highest BCUT2D eigenvalue weighted by Gasteiger charge is 2.20. The molecule has 0 atom stereocenters. The van der Waals surface area contributed by atoms with Crippen LogP contribution in [0.25, 0.3) is 5.69 Å². The highest BCUT2D eigenvalue weighted by Crippen LogP contribution is 2.27. The first kappa shape index (κ1) is 12.7. The lowest BCUT2D eigenvalue weighted by Gasteiger charge is -2.02. The van der Waals surface area contributed by atoms with E-state index in [1.807, 2.05) is 0 Å². The van der Waals surface area contributed by atoms with E-state index in [2.05, 4.69) is 31.6 Å². The maximum Gasteiger partial charge on any atom is 0.148 e. The lowest BCUT2D eigenvalue weighted by molar-refractivity contribution is 0.606. The topological polar surface area (TPSA) is 42.7 Å². The lowest BCUT2D eigenvalue weighted by atomic mass is 10.3. The molecule has 0 unspecified atom stereocenters. The number of hydrogen-bond acceptors (Lipinski definition) is 3. The molecule has 4 nitrogen and oxygen atoms in total. The molecule has 0 spiro atoms. The molecule has 100 valence electrons. The maximum absolute atomic E-state index is 13.7. The van der Waals surface area contributed by atoms with Gasteiger partial charge in [0.05, 0.1) is 11.9 Å². The summed E-state index contributed by atoms with van der Waals surface area (Å²) in [5.74, 6) is 0.517. The minimum absolute atomic E-state index is 0.314. The molecule has 1 aromatic heterocycles. The number of rotatable bonds is 5. The van der Waals surface area contributed by atoms with Gasteiger partial charge < -0.3 is 5.32 Å². The Morgan fingerprint density at radius 3 is 3.05 bits per heavy atom. The van der Waals surface area contributed by atoms with Crippen LogP contribution in [0.3, 0.4) is 0 Å². The first-order valence-electron chi connectivity index (χ1n) is 6.30. The van der Waals surface area contributed by atoms with Crippen molar-refractivity contribution in [1.82, 2.24) is 20.3 Å². The maximum atomic E-state index is 13.7. The van der Waals surface area contributed by atoms with Crippen LogP contribution in [0.5, 0.6) is 0 Å². The Hall–Kier alpha value is -1.27. The van der Waals surface area contributed by atoms with Crippen molar-refractivity contribution >= 4 is 15.9 Å². The van der Waals surface area contributed by atoms with E-state index in [1.165, 1.54) is 23.6 Å². The smallest absolute Gasteiger partial charge is 0.148 e. The van der Waals surface area contributed by atoms with Crippen LogP contribution in [0.4, 0.5) is 4.39 Å². The van der Waals surface area contributed by atoms with Crippen molar-refractivity contribution in [3.63, 3.8) is 0 Å². The molecule has 0 bridgehead atoms. The summed E-state index contributed by atoms with van der Waals surface area (Å²) >= 11 is 3.32. The fraction of sp³-hybridized carbons (Fsp3) is 0.385. The number of nitrogens with zero attached hydrogens (tertiary/aromatic N) is 3. The van der Waals surface area contributed by atoms with E-state index in [-0.39, 0.29) is 5.82 Å². The van der Waals surface area contributed by atoms with Crippen LogP contribution >= 0.6 is 15.9 Å². The van der Waals surface area contributed by atoms with Crippen LogP contribution in [0, 0.1) is 11.7 Å². The number of nitrogens with one attached hydrogen (secondary N) is 1. The summed E-state index contributed by atoms with van der Waals surface area (Å²) in [6, 6.07) is 4.76. The summed E-state index contributed by atoms with van der Waals surface area (Å²) in [5, 5.41) is 11.4. The molecule has 1 aromatic carbocycles. The van der Waals surface area contributed by atoms with Gasteiger partial charge in [-0.15, -0.1) is 5.10 Å². The molecule has 0 aliphatic heterocycles. The SMILES string of the molecule is Fc1ccc(Br)cc1-n1cc(CNCC2CC2)nn1. The Morgan fingerprint density at radius 2 is 2.26 bits per heavy atom. The van der Waals surface area contributed by atoms with Crippen LogP contribution in [-0.4, -0.2) is 21.5 Å². The monoisotopic (exact) mass is 324 g/mol. The van der Waals surface area contributed by atoms with E-state index >= 15 is 0 Å². The fourth-order valence-corrected chi connectivity index (χ4v) is 2.23. The van der Waals surface area contributed by atoms with Gasteiger partial charge >= 0.3 is 0 Å². The van der Waals surface area contributed by atoms with E-state index in [4.69, 9.17) is 0 Å². The Kier molecular flexibility index (Phi) is 3.61. The lowest BCUT2D eigenvalue weighted by Crippen LogP contribution is -2.16. The van der Waals surface area contributed by atoms with Crippen molar-refractivity contribution < 1.29 is 4.39 Å². The molecular weight excluding hydrogens is 311 g/mol. The van der Waals surface area contributed by atoms with E-state index in [1.54, 1.807) is 18.3 Å². The third-order valence-corrected chi connectivity index (χ3v) is 3.63. The van der Waals surface area contributed by atoms with E-state index in [0.717, 1.165) is 22.6 Å². The molecule has 1 saturated carbocycles. The van der Waals surface area contributed by atoms with Crippen LogP contribution in [-0.2, 0) is 6.54 Å². The second-order valence-corrected chi connectivity index (χ2v) is 5.74. The third-order valence-electron chi connectivity index (χ3n) is 3.13. The van der Waals surface area contributed by atoms with Gasteiger partial charge in [0.1, 0.15) is 11.5 Å². The number of benzene rings is 1. The molecule has 6 heteroatoms. The third kappa shape index (κ3) is 3.19. The zero-order chi connectivity index (χ0) is 13.2. The molecule has 1 fully saturated rings. The summed E-state index contributed by atoms with van der Waals surface area (Å²) in [7, 11) is 0. The predicted octanol–water partition coefficient (Wildman–Crippen LogP) is 2.67. The summed E-state index contributed by atoms with van der Waals surface area (Å²) in [4.78, 5) is 0. The zero-order valence-electron chi connectivity index (χ0n) is 10.3. The molecule has 1 heterocycles. The standard InChI is InChI=1S/C13H14BrFN4/c14-10-3-4-12(15)13(5-10)19-8-11(17-18-19)7-16-6-9-1-2-9/h3-5,8-9,16H,1-2,6-7H2. The van der Waals surface area contributed by atoms with Crippen molar-refractivity contribution in [3.05, 3.63) is 40.4 Å². The van der Waals surface area contributed by atoms with Crippen LogP contribution in [0.2, 0.25) is 0 Å². The van der Waals surface area contributed by atoms with E-state index < -0.39 is 0 Å². The fourth-order valence-electron chi connectivity index (χ4n) is 1.88. The van der Waals surface area contributed by atoms with Gasteiger partial charge in [-0.25, -0.2) is 9.07 Å². The quantitative estimate of drug-likeness (QED) is 0.919. The van der Waals surface area contributed by atoms with Crippen LogP contribution in [0.1, 0.15) is 18.5 Å². The van der Waals surface area contributed by atoms with Gasteiger partial charge in [-0.1, -0.05) is 21.1 Å². The van der Waals surface area contributed by atoms with Crippen molar-refractivity contribution in [3.8, 4) is 5.69 Å². The van der Waals surface area contributed by atoms with Gasteiger partial charge in [-0.05, 0) is 43.5 Å². The molecule has 19 heavy (non-hydrogen) atoms. The Balaban J connectivity index is 1.70. The van der Waals surface area contributed by atoms with Crippen molar-refractivity contribution in [2.75, 3.05) is 6.54 Å². The van der Waals surface area contributed by atoms with Crippen LogP contribution < -0.4 is 5.32 Å². The molecular formula is C13H14BrFN4. The highest BCUT2D eigenvalue weighted by atomic mass is 79.9. The van der Waals surface area contributed by atoms with Gasteiger partial charge in [-0.2, -0.15) is 0 Å². The first-order chi connectivity index (χ1) is 9.22. The average Bonchev–Trinajstić information content (AvgIpc) is 3.10. The molecule has 0 saturated heterocycles. The number of hydrogen-bond donors (Lipinski definition) is 1. The second-order valence-electron chi connectivity index (χ2n) is 4.82. The minimum atomic E-state index is -0.314. The summed E-state index contributed by atoms with van der Waals surface area (Å²) < 4.78 is 16.0. The Bertz CT molecular complexity index is 580. The van der Waals surface area contributed by atoms with Gasteiger partial charge in [0, 0.05) is 11.0 Å². The van der Waals surface area contributed by atoms with Gasteiger partial charge in [0.15, 0.2) is 0 Å². The summed E-state index contributed by atoms with van der Waals surface area (Å²) in [5.41, 5.74) is 1.22. The number of halogens is 2. The largest absolute Gasteiger partial charge is 0.311 e. The zero-order valence-corrected chi connectivity index (χ0v) is 11.9. The Morgan fingerprint density at radius 1 is 1.42 bits per heavy atom. The summed E-state index contributed by atoms with van der Waals surface area (Å²) in [6.45, 7) is 1.70. The second kappa shape index (κ2) is 5.38. The van der Waals surface area contributed by atoms with E-state index in [9.17, 15) is 4.39 Å². The molecule has 1 aliphatic rings. The average molecular weight is 325 g/mol. The summed E-state index contributed by atoms with van der Waals surface area (Å²) in [6.07, 6.45) is 4.40. The highest BCUT2D eigenvalue weighted by molar-refractivity contribution is 9.10. The first-order valence-corrected chi connectivity index (χ1v) is 7.09. The molecule has 2 aromatic rings. The van der Waals surface area contributed by atoms with Gasteiger partial charge in [0.25, 0.3) is 0 Å². The van der Waals surface area contributed by atoms with Gasteiger partial charge in [-0.3, -0.25) is 0 Å². The minimum Gasteiger partial charge on any atom is -0.311 e. The molecule has 1 N–H and O–H groups in total. The molecule has 0 amide bonds. The number of aromatic nitrogens is 3. The molecule has 3 rings (SSSR count). The molecule has 0 radical (unpaired) electrons. The normalized spacial score (nSPS) is 14.8. The predicted molar refractivity (Wildman–Crippen MR) is 73.4 cm³/mol. The Labute approximate surface area is 119 Å². The van der Waals surface area contributed by atoms with Crippen molar-refractivity contribution in [1.29, 1.82) is 0 Å². The van der Waals surface area contributed by atoms with Crippen LogP contribution in [0.15, 0.2) is 28.9 Å². The van der Waals surface area contributed by atoms with Crippen molar-refractivity contribution in [2.45, 2.75) is 19.4 Å². The molecule has 1 aliphatic carbocycles. The van der Waals surface area contributed by atoms with Crippen molar-refractivity contribution in [2.24, 2.45) is 5.92 Å². The van der Waals surface area contributed by atoms with Gasteiger partial charge in [0.2, 0.25) is 0 Å². The van der Waals surface area contributed by atoms with E-state index in [0.29, 0.717) is 12.2 Å².